The zero-order valence-corrected chi connectivity index (χ0v) is 13.9. The van der Waals surface area contributed by atoms with Gasteiger partial charge in [0.05, 0.1) is 12.1 Å². The van der Waals surface area contributed by atoms with Crippen molar-refractivity contribution in [3.05, 3.63) is 52.1 Å². The maximum atomic E-state index is 5.93. The Labute approximate surface area is 132 Å². The molecule has 0 aliphatic rings. The molecular weight excluding hydrogens is 336 g/mol. The molecule has 0 aliphatic carbocycles. The minimum absolute atomic E-state index is 0.0236. The van der Waals surface area contributed by atoms with Gasteiger partial charge in [-0.1, -0.05) is 6.07 Å². The zero-order chi connectivity index (χ0) is 14.5. The SMILES string of the molecule is COc1ccc(C(C)N)cc1CSc1ccc(Br)cn1. The van der Waals surface area contributed by atoms with Gasteiger partial charge < -0.3 is 10.5 Å². The standard InChI is InChI=1S/C15H17BrN2OS/c1-10(17)11-3-5-14(19-2)12(7-11)9-20-15-6-4-13(16)8-18-15/h3-8,10H,9,17H2,1-2H3. The van der Waals surface area contributed by atoms with Gasteiger partial charge in [-0.3, -0.25) is 0 Å². The molecule has 2 rings (SSSR count). The van der Waals surface area contributed by atoms with Crippen LogP contribution in [-0.4, -0.2) is 12.1 Å². The third kappa shape index (κ3) is 3.98. The summed E-state index contributed by atoms with van der Waals surface area (Å²) in [5, 5.41) is 0.987. The van der Waals surface area contributed by atoms with Crippen LogP contribution in [0, 0.1) is 0 Å². The quantitative estimate of drug-likeness (QED) is 0.820. The van der Waals surface area contributed by atoms with Gasteiger partial charge in [0.1, 0.15) is 5.75 Å². The van der Waals surface area contributed by atoms with Crippen LogP contribution in [0.1, 0.15) is 24.1 Å². The number of hydrogen-bond acceptors (Lipinski definition) is 4. The van der Waals surface area contributed by atoms with Crippen LogP contribution < -0.4 is 10.5 Å². The van der Waals surface area contributed by atoms with Crippen LogP contribution in [0.2, 0.25) is 0 Å². The second-order valence-electron chi connectivity index (χ2n) is 4.46. The van der Waals surface area contributed by atoms with E-state index in [0.29, 0.717) is 0 Å². The van der Waals surface area contributed by atoms with Crippen molar-refractivity contribution in [2.75, 3.05) is 7.11 Å². The highest BCUT2D eigenvalue weighted by Gasteiger charge is 2.08. The minimum Gasteiger partial charge on any atom is -0.496 e. The van der Waals surface area contributed by atoms with Gasteiger partial charge in [0, 0.05) is 28.0 Å². The van der Waals surface area contributed by atoms with Crippen LogP contribution in [-0.2, 0) is 5.75 Å². The van der Waals surface area contributed by atoms with Crippen molar-refractivity contribution >= 4 is 27.7 Å². The van der Waals surface area contributed by atoms with Gasteiger partial charge in [-0.25, -0.2) is 4.98 Å². The monoisotopic (exact) mass is 352 g/mol. The number of hydrogen-bond donors (Lipinski definition) is 1. The smallest absolute Gasteiger partial charge is 0.122 e. The molecule has 0 fully saturated rings. The van der Waals surface area contributed by atoms with Crippen molar-refractivity contribution in [1.29, 1.82) is 0 Å². The number of aromatic nitrogens is 1. The van der Waals surface area contributed by atoms with Crippen molar-refractivity contribution in [3.8, 4) is 5.75 Å². The summed E-state index contributed by atoms with van der Waals surface area (Å²) in [7, 11) is 1.69. The molecule has 1 heterocycles. The molecule has 20 heavy (non-hydrogen) atoms. The Bertz CT molecular complexity index is 573. The molecule has 2 N–H and O–H groups in total. The zero-order valence-electron chi connectivity index (χ0n) is 11.5. The van der Waals surface area contributed by atoms with Crippen LogP contribution in [0.25, 0.3) is 0 Å². The predicted molar refractivity (Wildman–Crippen MR) is 87.1 cm³/mol. The highest BCUT2D eigenvalue weighted by molar-refractivity contribution is 9.10. The third-order valence-corrected chi connectivity index (χ3v) is 4.37. The molecule has 1 atom stereocenters. The van der Waals surface area contributed by atoms with Crippen LogP contribution in [0.15, 0.2) is 46.0 Å². The van der Waals surface area contributed by atoms with E-state index >= 15 is 0 Å². The van der Waals surface area contributed by atoms with Crippen LogP contribution in [0.3, 0.4) is 0 Å². The van der Waals surface area contributed by atoms with E-state index in [2.05, 4.69) is 27.0 Å². The van der Waals surface area contributed by atoms with Gasteiger partial charge in [0.25, 0.3) is 0 Å². The molecule has 1 aromatic heterocycles. The van der Waals surface area contributed by atoms with E-state index in [-0.39, 0.29) is 6.04 Å². The molecule has 0 spiro atoms. The summed E-state index contributed by atoms with van der Waals surface area (Å²) < 4.78 is 6.39. The molecule has 0 saturated heterocycles. The highest BCUT2D eigenvalue weighted by Crippen LogP contribution is 2.29. The number of benzene rings is 1. The molecule has 0 saturated carbocycles. The lowest BCUT2D eigenvalue weighted by Crippen LogP contribution is -2.05. The largest absolute Gasteiger partial charge is 0.496 e. The number of thioether (sulfide) groups is 1. The summed E-state index contributed by atoms with van der Waals surface area (Å²) in [6, 6.07) is 10.1. The summed E-state index contributed by atoms with van der Waals surface area (Å²) >= 11 is 5.06. The fourth-order valence-corrected chi connectivity index (χ4v) is 2.85. The van der Waals surface area contributed by atoms with E-state index in [0.717, 1.165) is 32.1 Å². The number of rotatable bonds is 5. The van der Waals surface area contributed by atoms with Gasteiger partial charge in [-0.05, 0) is 52.7 Å². The van der Waals surface area contributed by atoms with Crippen molar-refractivity contribution in [2.45, 2.75) is 23.7 Å². The van der Waals surface area contributed by atoms with Crippen LogP contribution >= 0.6 is 27.7 Å². The average Bonchev–Trinajstić information content (AvgIpc) is 2.46. The molecule has 0 bridgehead atoms. The van der Waals surface area contributed by atoms with Crippen molar-refractivity contribution < 1.29 is 4.74 Å². The molecule has 106 valence electrons. The molecule has 0 amide bonds. The van der Waals surface area contributed by atoms with Gasteiger partial charge >= 0.3 is 0 Å². The van der Waals surface area contributed by atoms with Gasteiger partial charge in [0.15, 0.2) is 0 Å². The first-order valence-corrected chi connectivity index (χ1v) is 8.04. The van der Waals surface area contributed by atoms with Crippen molar-refractivity contribution in [3.63, 3.8) is 0 Å². The molecule has 3 nitrogen and oxygen atoms in total. The molecule has 1 aromatic carbocycles. The summed E-state index contributed by atoms with van der Waals surface area (Å²) in [5.41, 5.74) is 8.18. The van der Waals surface area contributed by atoms with Crippen molar-refractivity contribution in [2.24, 2.45) is 5.73 Å². The van der Waals surface area contributed by atoms with E-state index in [1.807, 2.05) is 31.2 Å². The summed E-state index contributed by atoms with van der Waals surface area (Å²) in [5.74, 6) is 1.69. The van der Waals surface area contributed by atoms with Crippen molar-refractivity contribution in [1.82, 2.24) is 4.98 Å². The summed E-state index contributed by atoms with van der Waals surface area (Å²) in [6.07, 6.45) is 1.80. The Kier molecular flexibility index (Phi) is 5.46. The topological polar surface area (TPSA) is 48.1 Å². The average molecular weight is 353 g/mol. The molecule has 2 aromatic rings. The predicted octanol–water partition coefficient (Wildman–Crippen LogP) is 4.16. The van der Waals surface area contributed by atoms with Gasteiger partial charge in [-0.15, -0.1) is 11.8 Å². The van der Waals surface area contributed by atoms with E-state index in [1.165, 1.54) is 0 Å². The Hall–Kier alpha value is -1.04. The van der Waals surface area contributed by atoms with Gasteiger partial charge in [-0.2, -0.15) is 0 Å². The molecular formula is C15H17BrN2OS. The van der Waals surface area contributed by atoms with Crippen LogP contribution in [0.4, 0.5) is 0 Å². The molecule has 5 heteroatoms. The lowest BCUT2D eigenvalue weighted by molar-refractivity contribution is 0.411. The van der Waals surface area contributed by atoms with Crippen LogP contribution in [0.5, 0.6) is 5.75 Å². The lowest BCUT2D eigenvalue weighted by atomic mass is 10.1. The number of pyridine rings is 1. The summed E-state index contributed by atoms with van der Waals surface area (Å²) in [4.78, 5) is 4.36. The first-order valence-electron chi connectivity index (χ1n) is 6.27. The molecule has 0 radical (unpaired) electrons. The minimum atomic E-state index is 0.0236. The molecule has 1 unspecified atom stereocenters. The Balaban J connectivity index is 2.14. The lowest BCUT2D eigenvalue weighted by Gasteiger charge is -2.12. The van der Waals surface area contributed by atoms with E-state index < -0.39 is 0 Å². The number of halogens is 1. The second kappa shape index (κ2) is 7.11. The Morgan fingerprint density at radius 1 is 1.35 bits per heavy atom. The fourth-order valence-electron chi connectivity index (χ4n) is 1.79. The number of nitrogens with two attached hydrogens (primary N) is 1. The highest BCUT2D eigenvalue weighted by atomic mass is 79.9. The molecule has 0 aliphatic heterocycles. The number of methoxy groups -OCH3 is 1. The third-order valence-electron chi connectivity index (χ3n) is 2.91. The normalized spacial score (nSPS) is 12.2. The maximum absolute atomic E-state index is 5.93. The van der Waals surface area contributed by atoms with E-state index in [4.69, 9.17) is 10.5 Å². The number of nitrogens with zero attached hydrogens (tertiary/aromatic N) is 1. The van der Waals surface area contributed by atoms with Gasteiger partial charge in [0.2, 0.25) is 0 Å². The Morgan fingerprint density at radius 3 is 2.75 bits per heavy atom. The number of ether oxygens (including phenoxy) is 1. The first kappa shape index (κ1) is 15.4. The summed E-state index contributed by atoms with van der Waals surface area (Å²) in [6.45, 7) is 1.98. The Morgan fingerprint density at radius 2 is 2.15 bits per heavy atom. The maximum Gasteiger partial charge on any atom is 0.122 e. The van der Waals surface area contributed by atoms with E-state index in [9.17, 15) is 0 Å². The second-order valence-corrected chi connectivity index (χ2v) is 6.37. The fraction of sp³-hybridized carbons (Fsp3) is 0.267. The van der Waals surface area contributed by atoms with E-state index in [1.54, 1.807) is 25.1 Å². The first-order chi connectivity index (χ1) is 9.60.